The first-order valence-electron chi connectivity index (χ1n) is 7.05. The van der Waals surface area contributed by atoms with E-state index < -0.39 is 18.6 Å². The van der Waals surface area contributed by atoms with Gasteiger partial charge in [-0.25, -0.2) is 0 Å². The van der Waals surface area contributed by atoms with E-state index in [9.17, 15) is 18.0 Å². The number of rotatable bonds is 6. The van der Waals surface area contributed by atoms with Crippen molar-refractivity contribution >= 4 is 5.97 Å². The fourth-order valence-corrected chi connectivity index (χ4v) is 2.47. The molecule has 1 fully saturated rings. The molecule has 1 N–H and O–H groups in total. The highest BCUT2D eigenvalue weighted by molar-refractivity contribution is 5.76. The van der Waals surface area contributed by atoms with Gasteiger partial charge < -0.3 is 10.1 Å². The Morgan fingerprint density at radius 1 is 1.50 bits per heavy atom. The van der Waals surface area contributed by atoms with E-state index in [1.807, 2.05) is 11.8 Å². The van der Waals surface area contributed by atoms with Gasteiger partial charge in [0.25, 0.3) is 0 Å². The summed E-state index contributed by atoms with van der Waals surface area (Å²) in [5.74, 6) is -0.303. The van der Waals surface area contributed by atoms with Crippen LogP contribution in [0.4, 0.5) is 13.2 Å². The normalized spacial score (nSPS) is 22.6. The zero-order chi connectivity index (χ0) is 15.2. The maximum atomic E-state index is 12.2. The zero-order valence-electron chi connectivity index (χ0n) is 12.0. The maximum Gasteiger partial charge on any atom is 0.389 e. The Kier molecular flexibility index (Phi) is 6.75. The third-order valence-corrected chi connectivity index (χ3v) is 3.49. The Morgan fingerprint density at radius 2 is 2.20 bits per heavy atom. The SMILES string of the molecule is CCOC(=O)C1CNCCN1C(C)CCCC(F)(F)F. The molecule has 0 aliphatic carbocycles. The molecule has 1 saturated heterocycles. The highest BCUT2D eigenvalue weighted by Gasteiger charge is 2.33. The topological polar surface area (TPSA) is 41.6 Å². The van der Waals surface area contributed by atoms with Crippen LogP contribution in [0.2, 0.25) is 0 Å². The summed E-state index contributed by atoms with van der Waals surface area (Å²) in [5, 5.41) is 3.12. The fourth-order valence-electron chi connectivity index (χ4n) is 2.47. The predicted octanol–water partition coefficient (Wildman–Crippen LogP) is 1.94. The van der Waals surface area contributed by atoms with E-state index in [2.05, 4.69) is 5.32 Å². The van der Waals surface area contributed by atoms with Gasteiger partial charge in [-0.15, -0.1) is 0 Å². The molecule has 2 unspecified atom stereocenters. The summed E-state index contributed by atoms with van der Waals surface area (Å²) >= 11 is 0. The summed E-state index contributed by atoms with van der Waals surface area (Å²) in [7, 11) is 0. The van der Waals surface area contributed by atoms with Crippen LogP contribution < -0.4 is 5.32 Å². The molecule has 1 aliphatic heterocycles. The Morgan fingerprint density at radius 3 is 2.80 bits per heavy atom. The second-order valence-corrected chi connectivity index (χ2v) is 5.07. The second-order valence-electron chi connectivity index (χ2n) is 5.07. The molecule has 0 saturated carbocycles. The van der Waals surface area contributed by atoms with Crippen molar-refractivity contribution in [2.45, 2.75) is 51.4 Å². The summed E-state index contributed by atoms with van der Waals surface area (Å²) in [6, 6.07) is -0.460. The van der Waals surface area contributed by atoms with Gasteiger partial charge in [0, 0.05) is 32.1 Å². The van der Waals surface area contributed by atoms with Crippen molar-refractivity contribution in [2.24, 2.45) is 0 Å². The number of ether oxygens (including phenoxy) is 1. The van der Waals surface area contributed by atoms with E-state index in [1.54, 1.807) is 6.92 Å². The minimum absolute atomic E-state index is 0.0612. The number of carbonyl (C=O) groups is 1. The lowest BCUT2D eigenvalue weighted by Gasteiger charge is -2.38. The van der Waals surface area contributed by atoms with E-state index in [0.29, 0.717) is 26.1 Å². The third kappa shape index (κ3) is 5.66. The molecule has 1 aliphatic rings. The minimum Gasteiger partial charge on any atom is -0.465 e. The van der Waals surface area contributed by atoms with Crippen molar-refractivity contribution in [1.29, 1.82) is 0 Å². The van der Waals surface area contributed by atoms with Crippen LogP contribution in [0.15, 0.2) is 0 Å². The minimum atomic E-state index is -4.11. The quantitative estimate of drug-likeness (QED) is 0.761. The molecule has 0 radical (unpaired) electrons. The van der Waals surface area contributed by atoms with Crippen molar-refractivity contribution in [3.8, 4) is 0 Å². The molecule has 0 amide bonds. The summed E-state index contributed by atoms with van der Waals surface area (Å²) in [6.07, 6.45) is -4.36. The molecule has 1 heterocycles. The highest BCUT2D eigenvalue weighted by atomic mass is 19.4. The van der Waals surface area contributed by atoms with Crippen molar-refractivity contribution in [2.75, 3.05) is 26.2 Å². The fraction of sp³-hybridized carbons (Fsp3) is 0.923. The van der Waals surface area contributed by atoms with Gasteiger partial charge >= 0.3 is 12.1 Å². The number of hydrogen-bond donors (Lipinski definition) is 1. The van der Waals surface area contributed by atoms with Crippen LogP contribution >= 0.6 is 0 Å². The van der Waals surface area contributed by atoms with Crippen LogP contribution in [-0.2, 0) is 9.53 Å². The number of esters is 1. The predicted molar refractivity (Wildman–Crippen MR) is 69.4 cm³/mol. The van der Waals surface area contributed by atoms with E-state index in [0.717, 1.165) is 6.54 Å². The average molecular weight is 296 g/mol. The molecule has 118 valence electrons. The van der Waals surface area contributed by atoms with Crippen LogP contribution in [0.1, 0.15) is 33.1 Å². The first kappa shape index (κ1) is 17.2. The molecule has 20 heavy (non-hydrogen) atoms. The highest BCUT2D eigenvalue weighted by Crippen LogP contribution is 2.24. The monoisotopic (exact) mass is 296 g/mol. The molecule has 4 nitrogen and oxygen atoms in total. The standard InChI is InChI=1S/C13H23F3N2O2/c1-3-20-12(19)11-9-17-7-8-18(11)10(2)5-4-6-13(14,15)16/h10-11,17H,3-9H2,1-2H3. The first-order chi connectivity index (χ1) is 9.35. The van der Waals surface area contributed by atoms with Gasteiger partial charge in [-0.3, -0.25) is 9.69 Å². The zero-order valence-corrected chi connectivity index (χ0v) is 12.0. The van der Waals surface area contributed by atoms with Gasteiger partial charge in [0.05, 0.1) is 6.61 Å². The average Bonchev–Trinajstić information content (AvgIpc) is 2.37. The lowest BCUT2D eigenvalue weighted by molar-refractivity contribution is -0.152. The number of hydrogen-bond acceptors (Lipinski definition) is 4. The lowest BCUT2D eigenvalue weighted by Crippen LogP contribution is -2.58. The van der Waals surface area contributed by atoms with Crippen molar-refractivity contribution in [1.82, 2.24) is 10.2 Å². The Bertz CT molecular complexity index is 310. The molecule has 7 heteroatoms. The molecule has 1 rings (SSSR count). The largest absolute Gasteiger partial charge is 0.465 e. The molecule has 0 aromatic rings. The second kappa shape index (κ2) is 7.83. The van der Waals surface area contributed by atoms with E-state index >= 15 is 0 Å². The van der Waals surface area contributed by atoms with E-state index in [4.69, 9.17) is 4.74 Å². The van der Waals surface area contributed by atoms with E-state index in [-0.39, 0.29) is 18.4 Å². The number of halogens is 3. The smallest absolute Gasteiger partial charge is 0.389 e. The lowest BCUT2D eigenvalue weighted by atomic mass is 10.1. The molecule has 0 aromatic carbocycles. The molecule has 0 spiro atoms. The van der Waals surface area contributed by atoms with Gasteiger partial charge in [0.2, 0.25) is 0 Å². The number of piperazine rings is 1. The van der Waals surface area contributed by atoms with Crippen LogP contribution in [0.5, 0.6) is 0 Å². The number of alkyl halides is 3. The number of nitrogens with one attached hydrogen (secondary N) is 1. The van der Waals surface area contributed by atoms with Crippen LogP contribution in [0, 0.1) is 0 Å². The molecular formula is C13H23F3N2O2. The number of nitrogens with zero attached hydrogens (tertiary/aromatic N) is 1. The Balaban J connectivity index is 2.49. The van der Waals surface area contributed by atoms with Crippen molar-refractivity contribution in [3.05, 3.63) is 0 Å². The molecule has 2 atom stereocenters. The van der Waals surface area contributed by atoms with Crippen molar-refractivity contribution in [3.63, 3.8) is 0 Å². The van der Waals surface area contributed by atoms with Gasteiger partial charge in [-0.1, -0.05) is 0 Å². The molecule has 0 aromatic heterocycles. The Hall–Kier alpha value is -0.820. The van der Waals surface area contributed by atoms with E-state index in [1.165, 1.54) is 0 Å². The molecular weight excluding hydrogens is 273 g/mol. The summed E-state index contributed by atoms with van der Waals surface area (Å²) in [4.78, 5) is 13.8. The van der Waals surface area contributed by atoms with Gasteiger partial charge in [0.15, 0.2) is 0 Å². The Labute approximate surface area is 117 Å². The van der Waals surface area contributed by atoms with Gasteiger partial charge in [0.1, 0.15) is 6.04 Å². The first-order valence-corrected chi connectivity index (χ1v) is 7.05. The van der Waals surface area contributed by atoms with Crippen LogP contribution in [0.3, 0.4) is 0 Å². The van der Waals surface area contributed by atoms with Crippen molar-refractivity contribution < 1.29 is 22.7 Å². The van der Waals surface area contributed by atoms with Crippen LogP contribution in [0.25, 0.3) is 0 Å². The third-order valence-electron chi connectivity index (χ3n) is 3.49. The maximum absolute atomic E-state index is 12.2. The number of carbonyl (C=O) groups excluding carboxylic acids is 1. The van der Waals surface area contributed by atoms with Crippen LogP contribution in [-0.4, -0.2) is 55.4 Å². The summed E-state index contributed by atoms with van der Waals surface area (Å²) in [5.41, 5.74) is 0. The summed E-state index contributed by atoms with van der Waals surface area (Å²) in [6.45, 7) is 5.80. The van der Waals surface area contributed by atoms with Gasteiger partial charge in [-0.2, -0.15) is 13.2 Å². The summed E-state index contributed by atoms with van der Waals surface area (Å²) < 4.78 is 41.5. The van der Waals surface area contributed by atoms with Gasteiger partial charge in [-0.05, 0) is 26.7 Å². The molecule has 0 bridgehead atoms.